The van der Waals surface area contributed by atoms with Crippen LogP contribution in [0.5, 0.6) is 0 Å². The molecule has 1 heterocycles. The van der Waals surface area contributed by atoms with Gasteiger partial charge in [0.25, 0.3) is 5.56 Å². The van der Waals surface area contributed by atoms with Gasteiger partial charge in [0.1, 0.15) is 0 Å². The Hall–Kier alpha value is -2.66. The van der Waals surface area contributed by atoms with E-state index in [1.165, 1.54) is 0 Å². The Balaban J connectivity index is 1.90. The van der Waals surface area contributed by atoms with E-state index < -0.39 is 0 Å². The van der Waals surface area contributed by atoms with E-state index in [9.17, 15) is 4.79 Å². The predicted octanol–water partition coefficient (Wildman–Crippen LogP) is 3.23. The standard InChI is InChI=1S/C15H11ClN4O/c16-11-7-4-8-12(9-11)17-15-18-14(21)13(19-20-15)10-5-2-1-3-6-10/h1-9H,(H2,17,18,20,21). The molecule has 3 rings (SSSR count). The van der Waals surface area contributed by atoms with Gasteiger partial charge < -0.3 is 5.32 Å². The number of anilines is 2. The highest BCUT2D eigenvalue weighted by molar-refractivity contribution is 6.30. The summed E-state index contributed by atoms with van der Waals surface area (Å²) >= 11 is 5.90. The molecule has 0 unspecified atom stereocenters. The van der Waals surface area contributed by atoms with Crippen LogP contribution in [-0.2, 0) is 0 Å². The summed E-state index contributed by atoms with van der Waals surface area (Å²) in [6.45, 7) is 0. The Bertz CT molecular complexity index is 817. The van der Waals surface area contributed by atoms with Crippen molar-refractivity contribution in [3.63, 3.8) is 0 Å². The van der Waals surface area contributed by atoms with Crippen LogP contribution >= 0.6 is 11.6 Å². The lowest BCUT2D eigenvalue weighted by atomic mass is 10.2. The zero-order valence-corrected chi connectivity index (χ0v) is 11.6. The fraction of sp³-hybridized carbons (Fsp3) is 0. The molecule has 6 heteroatoms. The minimum Gasteiger partial charge on any atom is -0.324 e. The molecule has 2 N–H and O–H groups in total. The summed E-state index contributed by atoms with van der Waals surface area (Å²) in [4.78, 5) is 14.7. The van der Waals surface area contributed by atoms with Crippen molar-refractivity contribution < 1.29 is 0 Å². The molecule has 0 fully saturated rings. The smallest absolute Gasteiger partial charge is 0.279 e. The first-order valence-corrected chi connectivity index (χ1v) is 6.65. The number of aromatic nitrogens is 3. The van der Waals surface area contributed by atoms with Crippen LogP contribution in [0.3, 0.4) is 0 Å². The molecule has 0 saturated heterocycles. The van der Waals surface area contributed by atoms with Gasteiger partial charge in [0.2, 0.25) is 5.95 Å². The van der Waals surface area contributed by atoms with Crippen LogP contribution in [0.1, 0.15) is 0 Å². The van der Waals surface area contributed by atoms with Crippen LogP contribution < -0.4 is 10.9 Å². The van der Waals surface area contributed by atoms with Gasteiger partial charge in [-0.3, -0.25) is 9.78 Å². The number of halogens is 1. The summed E-state index contributed by atoms with van der Waals surface area (Å²) in [5, 5.41) is 11.5. The van der Waals surface area contributed by atoms with E-state index in [2.05, 4.69) is 20.5 Å². The molecule has 104 valence electrons. The lowest BCUT2D eigenvalue weighted by molar-refractivity contribution is 0.962. The normalized spacial score (nSPS) is 10.3. The molecule has 0 aliphatic rings. The summed E-state index contributed by atoms with van der Waals surface area (Å²) in [6, 6.07) is 16.3. The molecule has 21 heavy (non-hydrogen) atoms. The second kappa shape index (κ2) is 5.76. The summed E-state index contributed by atoms with van der Waals surface area (Å²) in [5.74, 6) is 0.266. The summed E-state index contributed by atoms with van der Waals surface area (Å²) in [5.41, 5.74) is 1.42. The zero-order valence-electron chi connectivity index (χ0n) is 10.9. The van der Waals surface area contributed by atoms with Crippen LogP contribution in [-0.4, -0.2) is 15.2 Å². The van der Waals surface area contributed by atoms with Crippen molar-refractivity contribution in [1.29, 1.82) is 0 Å². The van der Waals surface area contributed by atoms with Crippen LogP contribution in [0.15, 0.2) is 59.4 Å². The topological polar surface area (TPSA) is 70.7 Å². The predicted molar refractivity (Wildman–Crippen MR) is 82.8 cm³/mol. The van der Waals surface area contributed by atoms with E-state index in [1.54, 1.807) is 18.2 Å². The highest BCUT2D eigenvalue weighted by atomic mass is 35.5. The molecule has 0 saturated carbocycles. The molecule has 2 aromatic carbocycles. The van der Waals surface area contributed by atoms with Crippen molar-refractivity contribution in [3.8, 4) is 11.3 Å². The number of nitrogens with one attached hydrogen (secondary N) is 2. The Kier molecular flexibility index (Phi) is 3.66. The maximum absolute atomic E-state index is 12.1. The molecule has 0 radical (unpaired) electrons. The number of aromatic amines is 1. The lowest BCUT2D eigenvalue weighted by Crippen LogP contribution is -2.15. The number of benzene rings is 2. The molecule has 0 spiro atoms. The maximum atomic E-state index is 12.1. The minimum absolute atomic E-state index is 0.266. The fourth-order valence-electron chi connectivity index (χ4n) is 1.88. The Morgan fingerprint density at radius 3 is 2.52 bits per heavy atom. The van der Waals surface area contributed by atoms with Crippen molar-refractivity contribution in [2.45, 2.75) is 0 Å². The summed E-state index contributed by atoms with van der Waals surface area (Å²) in [7, 11) is 0. The third-order valence-electron chi connectivity index (χ3n) is 2.83. The summed E-state index contributed by atoms with van der Waals surface area (Å²) in [6.07, 6.45) is 0. The highest BCUT2D eigenvalue weighted by Gasteiger charge is 2.07. The maximum Gasteiger partial charge on any atom is 0.279 e. The quantitative estimate of drug-likeness (QED) is 0.779. The first kappa shape index (κ1) is 13.3. The zero-order chi connectivity index (χ0) is 14.7. The third-order valence-corrected chi connectivity index (χ3v) is 3.07. The van der Waals surface area contributed by atoms with Crippen molar-refractivity contribution in [1.82, 2.24) is 15.2 Å². The largest absolute Gasteiger partial charge is 0.324 e. The molecule has 1 aromatic heterocycles. The van der Waals surface area contributed by atoms with Crippen molar-refractivity contribution >= 4 is 23.2 Å². The van der Waals surface area contributed by atoms with Crippen LogP contribution in [0.2, 0.25) is 5.02 Å². The molecular formula is C15H11ClN4O. The van der Waals surface area contributed by atoms with Crippen LogP contribution in [0.25, 0.3) is 11.3 Å². The van der Waals surface area contributed by atoms with Crippen molar-refractivity contribution in [2.24, 2.45) is 0 Å². The number of rotatable bonds is 3. The molecule has 0 bridgehead atoms. The average molecular weight is 299 g/mol. The fourth-order valence-corrected chi connectivity index (χ4v) is 2.07. The Morgan fingerprint density at radius 1 is 1.00 bits per heavy atom. The van der Waals surface area contributed by atoms with Gasteiger partial charge in [-0.25, -0.2) is 0 Å². The van der Waals surface area contributed by atoms with E-state index in [4.69, 9.17) is 11.6 Å². The summed E-state index contributed by atoms with van der Waals surface area (Å²) < 4.78 is 0. The minimum atomic E-state index is -0.305. The van der Waals surface area contributed by atoms with E-state index in [0.29, 0.717) is 5.02 Å². The number of H-pyrrole nitrogens is 1. The van der Waals surface area contributed by atoms with Gasteiger partial charge in [0.05, 0.1) is 0 Å². The van der Waals surface area contributed by atoms with E-state index in [1.807, 2.05) is 36.4 Å². The second-order valence-electron chi connectivity index (χ2n) is 4.35. The molecular weight excluding hydrogens is 288 g/mol. The van der Waals surface area contributed by atoms with E-state index >= 15 is 0 Å². The Labute approximate surface area is 125 Å². The van der Waals surface area contributed by atoms with Gasteiger partial charge in [0, 0.05) is 16.3 Å². The Morgan fingerprint density at radius 2 is 1.81 bits per heavy atom. The van der Waals surface area contributed by atoms with E-state index in [0.717, 1.165) is 11.3 Å². The first-order valence-electron chi connectivity index (χ1n) is 6.27. The molecule has 0 aliphatic carbocycles. The van der Waals surface area contributed by atoms with Gasteiger partial charge in [0.15, 0.2) is 5.69 Å². The van der Waals surface area contributed by atoms with Crippen LogP contribution in [0.4, 0.5) is 11.6 Å². The van der Waals surface area contributed by atoms with Crippen molar-refractivity contribution in [3.05, 3.63) is 70.0 Å². The molecule has 0 amide bonds. The number of nitrogens with zero attached hydrogens (tertiary/aromatic N) is 2. The van der Waals surface area contributed by atoms with Gasteiger partial charge in [-0.15, -0.1) is 10.2 Å². The van der Waals surface area contributed by atoms with Gasteiger partial charge in [-0.1, -0.05) is 48.0 Å². The van der Waals surface area contributed by atoms with E-state index in [-0.39, 0.29) is 17.2 Å². The monoisotopic (exact) mass is 298 g/mol. The van der Waals surface area contributed by atoms with Crippen molar-refractivity contribution in [2.75, 3.05) is 5.32 Å². The third kappa shape index (κ3) is 3.09. The highest BCUT2D eigenvalue weighted by Crippen LogP contribution is 2.17. The second-order valence-corrected chi connectivity index (χ2v) is 4.79. The lowest BCUT2D eigenvalue weighted by Gasteiger charge is -2.05. The van der Waals surface area contributed by atoms with Gasteiger partial charge in [-0.2, -0.15) is 0 Å². The molecule has 0 aliphatic heterocycles. The molecule has 5 nitrogen and oxygen atoms in total. The average Bonchev–Trinajstić information content (AvgIpc) is 2.48. The number of hydrogen-bond donors (Lipinski definition) is 2. The molecule has 3 aromatic rings. The first-order chi connectivity index (χ1) is 10.2. The SMILES string of the molecule is O=c1[nH]c(Nc2cccc(Cl)c2)nnc1-c1ccccc1. The number of hydrogen-bond acceptors (Lipinski definition) is 4. The van der Waals surface area contributed by atoms with Gasteiger partial charge >= 0.3 is 0 Å². The van der Waals surface area contributed by atoms with Crippen LogP contribution in [0, 0.1) is 0 Å². The van der Waals surface area contributed by atoms with Gasteiger partial charge in [-0.05, 0) is 18.2 Å². The molecule has 0 atom stereocenters.